The Morgan fingerprint density at radius 2 is 1.93 bits per heavy atom. The highest BCUT2D eigenvalue weighted by molar-refractivity contribution is 14.0. The van der Waals surface area contributed by atoms with Crippen LogP contribution in [0.2, 0.25) is 0 Å². The summed E-state index contributed by atoms with van der Waals surface area (Å²) in [6, 6.07) is 8.36. The lowest BCUT2D eigenvalue weighted by Gasteiger charge is -2.13. The summed E-state index contributed by atoms with van der Waals surface area (Å²) in [5, 5.41) is 14.7. The number of guanidine groups is 1. The fourth-order valence-electron chi connectivity index (χ4n) is 2.72. The van der Waals surface area contributed by atoms with Crippen molar-refractivity contribution in [2.24, 2.45) is 4.99 Å². The molecule has 0 aliphatic carbocycles. The summed E-state index contributed by atoms with van der Waals surface area (Å²) < 4.78 is 13.0. The first-order valence-corrected chi connectivity index (χ1v) is 9.81. The van der Waals surface area contributed by atoms with Crippen molar-refractivity contribution in [1.82, 2.24) is 25.4 Å². The predicted octanol–water partition coefficient (Wildman–Crippen LogP) is 2.38. The lowest BCUT2D eigenvalue weighted by molar-refractivity contribution is 0.0453. The number of nitrogens with one attached hydrogen (secondary N) is 2. The van der Waals surface area contributed by atoms with Gasteiger partial charge in [-0.1, -0.05) is 31.2 Å². The van der Waals surface area contributed by atoms with Gasteiger partial charge in [-0.15, -0.1) is 34.2 Å². The van der Waals surface area contributed by atoms with E-state index in [-0.39, 0.29) is 24.0 Å². The number of hydrogen-bond donors (Lipinski definition) is 2. The maximum atomic E-state index is 5.64. The van der Waals surface area contributed by atoms with Gasteiger partial charge in [0.25, 0.3) is 0 Å². The highest BCUT2D eigenvalue weighted by atomic mass is 127. The van der Waals surface area contributed by atoms with Crippen molar-refractivity contribution >= 4 is 29.9 Å². The molecule has 0 unspecified atom stereocenters. The smallest absolute Gasteiger partial charge is 0.191 e. The minimum atomic E-state index is 0. The molecule has 1 aromatic carbocycles. The van der Waals surface area contributed by atoms with Crippen LogP contribution in [-0.2, 0) is 35.6 Å². The minimum absolute atomic E-state index is 0. The van der Waals surface area contributed by atoms with E-state index in [4.69, 9.17) is 9.47 Å². The van der Waals surface area contributed by atoms with Crippen LogP contribution in [0, 0.1) is 0 Å². The molecule has 8 nitrogen and oxygen atoms in total. The standard InChI is InChI=1S/C20H32N6O2.HI/c1-4-19-25-24-16-26(19)10-9-22-20(21-3)23-14-17-7-6-8-18(13-17)15-28-12-11-27-5-2;/h6-8,13,16H,4-5,9-12,14-15H2,1-3H3,(H2,21,22,23);1H. The summed E-state index contributed by atoms with van der Waals surface area (Å²) in [6.45, 7) is 8.85. The molecule has 0 saturated carbocycles. The lowest BCUT2D eigenvalue weighted by atomic mass is 10.1. The Balaban J connectivity index is 0.00000420. The highest BCUT2D eigenvalue weighted by Gasteiger charge is 2.03. The van der Waals surface area contributed by atoms with Gasteiger partial charge in [-0.2, -0.15) is 0 Å². The maximum Gasteiger partial charge on any atom is 0.191 e. The molecule has 0 bridgehead atoms. The van der Waals surface area contributed by atoms with Gasteiger partial charge in [0.2, 0.25) is 0 Å². The quantitative estimate of drug-likeness (QED) is 0.195. The topological polar surface area (TPSA) is 85.6 Å². The molecule has 1 aromatic heterocycles. The molecule has 9 heteroatoms. The molecule has 0 saturated heterocycles. The highest BCUT2D eigenvalue weighted by Crippen LogP contribution is 2.06. The Bertz CT molecular complexity index is 723. The Hall–Kier alpha value is -1.72. The molecule has 162 valence electrons. The molecule has 2 aromatic rings. The largest absolute Gasteiger partial charge is 0.379 e. The number of benzene rings is 1. The second-order valence-electron chi connectivity index (χ2n) is 6.22. The van der Waals surface area contributed by atoms with Gasteiger partial charge in [-0.25, -0.2) is 0 Å². The van der Waals surface area contributed by atoms with Crippen molar-refractivity contribution in [3.05, 3.63) is 47.5 Å². The molecule has 29 heavy (non-hydrogen) atoms. The second kappa shape index (κ2) is 15.2. The van der Waals surface area contributed by atoms with Crippen molar-refractivity contribution in [2.75, 3.05) is 33.4 Å². The van der Waals surface area contributed by atoms with E-state index in [2.05, 4.69) is 55.5 Å². The molecule has 0 fully saturated rings. The van der Waals surface area contributed by atoms with Crippen LogP contribution in [0.4, 0.5) is 0 Å². The molecule has 0 spiro atoms. The van der Waals surface area contributed by atoms with Gasteiger partial charge in [0.05, 0.1) is 19.8 Å². The van der Waals surface area contributed by atoms with Crippen LogP contribution in [0.25, 0.3) is 0 Å². The summed E-state index contributed by atoms with van der Waals surface area (Å²) in [7, 11) is 1.77. The van der Waals surface area contributed by atoms with Crippen molar-refractivity contribution in [2.45, 2.75) is 40.0 Å². The zero-order chi connectivity index (χ0) is 20.0. The molecule has 0 amide bonds. The van der Waals surface area contributed by atoms with E-state index >= 15 is 0 Å². The Kier molecular flexibility index (Phi) is 13.2. The zero-order valence-corrected chi connectivity index (χ0v) is 19.9. The second-order valence-corrected chi connectivity index (χ2v) is 6.22. The van der Waals surface area contributed by atoms with Crippen LogP contribution in [0.5, 0.6) is 0 Å². The monoisotopic (exact) mass is 516 g/mol. The van der Waals surface area contributed by atoms with Crippen LogP contribution in [0.1, 0.15) is 30.8 Å². The van der Waals surface area contributed by atoms with Gasteiger partial charge < -0.3 is 24.7 Å². The number of aryl methyl sites for hydroxylation is 1. The fourth-order valence-corrected chi connectivity index (χ4v) is 2.72. The van der Waals surface area contributed by atoms with E-state index in [9.17, 15) is 0 Å². The van der Waals surface area contributed by atoms with Gasteiger partial charge >= 0.3 is 0 Å². The first-order valence-electron chi connectivity index (χ1n) is 9.81. The van der Waals surface area contributed by atoms with Crippen LogP contribution >= 0.6 is 24.0 Å². The van der Waals surface area contributed by atoms with E-state index in [1.807, 2.05) is 13.0 Å². The number of rotatable bonds is 12. The predicted molar refractivity (Wildman–Crippen MR) is 126 cm³/mol. The van der Waals surface area contributed by atoms with Crippen LogP contribution in [0.15, 0.2) is 35.6 Å². The molecule has 2 rings (SSSR count). The number of aliphatic imine (C=N–C) groups is 1. The van der Waals surface area contributed by atoms with Crippen LogP contribution < -0.4 is 10.6 Å². The molecule has 1 heterocycles. The number of nitrogens with zero attached hydrogens (tertiary/aromatic N) is 4. The van der Waals surface area contributed by atoms with E-state index < -0.39 is 0 Å². The molecule has 2 N–H and O–H groups in total. The van der Waals surface area contributed by atoms with Crippen LogP contribution in [0.3, 0.4) is 0 Å². The number of ether oxygens (including phenoxy) is 2. The van der Waals surface area contributed by atoms with Gasteiger partial charge in [-0.05, 0) is 18.1 Å². The number of halogens is 1. The van der Waals surface area contributed by atoms with Crippen LogP contribution in [-0.4, -0.2) is 54.1 Å². The Labute approximate surface area is 190 Å². The third-order valence-corrected chi connectivity index (χ3v) is 4.18. The molecule has 0 aliphatic heterocycles. The summed E-state index contributed by atoms with van der Waals surface area (Å²) >= 11 is 0. The number of aromatic nitrogens is 3. The summed E-state index contributed by atoms with van der Waals surface area (Å²) in [5.41, 5.74) is 2.33. The maximum absolute atomic E-state index is 5.64. The van der Waals surface area contributed by atoms with Crippen molar-refractivity contribution in [3.63, 3.8) is 0 Å². The SMILES string of the molecule is CCOCCOCc1cccc(CNC(=NC)NCCn2cnnc2CC)c1.I. The molecular weight excluding hydrogens is 483 g/mol. The molecule has 0 aliphatic rings. The van der Waals surface area contributed by atoms with E-state index in [1.165, 1.54) is 5.56 Å². The van der Waals surface area contributed by atoms with Crippen molar-refractivity contribution < 1.29 is 9.47 Å². The van der Waals surface area contributed by atoms with E-state index in [0.717, 1.165) is 43.5 Å². The Morgan fingerprint density at radius 3 is 2.69 bits per heavy atom. The average molecular weight is 516 g/mol. The summed E-state index contributed by atoms with van der Waals surface area (Å²) in [6.07, 6.45) is 2.64. The van der Waals surface area contributed by atoms with Gasteiger partial charge in [-0.3, -0.25) is 4.99 Å². The van der Waals surface area contributed by atoms with Crippen molar-refractivity contribution in [1.29, 1.82) is 0 Å². The molecule has 0 atom stereocenters. The van der Waals surface area contributed by atoms with Gasteiger partial charge in [0.15, 0.2) is 5.96 Å². The minimum Gasteiger partial charge on any atom is -0.379 e. The normalized spacial score (nSPS) is 11.2. The Morgan fingerprint density at radius 1 is 1.14 bits per heavy atom. The van der Waals surface area contributed by atoms with Gasteiger partial charge in [0, 0.05) is 39.7 Å². The van der Waals surface area contributed by atoms with Crippen molar-refractivity contribution in [3.8, 4) is 0 Å². The average Bonchev–Trinajstić information content (AvgIpc) is 3.18. The van der Waals surface area contributed by atoms with E-state index in [0.29, 0.717) is 26.4 Å². The van der Waals surface area contributed by atoms with E-state index in [1.54, 1.807) is 13.4 Å². The number of hydrogen-bond acceptors (Lipinski definition) is 5. The summed E-state index contributed by atoms with van der Waals surface area (Å²) in [4.78, 5) is 4.28. The molecule has 0 radical (unpaired) electrons. The summed E-state index contributed by atoms with van der Waals surface area (Å²) in [5.74, 6) is 1.76. The fraction of sp³-hybridized carbons (Fsp3) is 0.550. The first-order chi connectivity index (χ1) is 13.8. The zero-order valence-electron chi connectivity index (χ0n) is 17.6. The molecular formula is C20H33IN6O2. The van der Waals surface area contributed by atoms with Gasteiger partial charge in [0.1, 0.15) is 12.2 Å². The lowest BCUT2D eigenvalue weighted by Crippen LogP contribution is -2.38. The first kappa shape index (κ1) is 25.3. The third kappa shape index (κ3) is 9.55. The third-order valence-electron chi connectivity index (χ3n) is 4.18.